The first-order valence-electron chi connectivity index (χ1n) is 7.30. The van der Waals surface area contributed by atoms with Crippen molar-refractivity contribution in [2.75, 3.05) is 26.4 Å². The average molecular weight is 291 g/mol. The number of rotatable bonds is 5. The molecule has 1 aliphatic heterocycles. The van der Waals surface area contributed by atoms with Crippen LogP contribution in [0.15, 0.2) is 0 Å². The van der Waals surface area contributed by atoms with Gasteiger partial charge in [0.2, 0.25) is 10.0 Å². The van der Waals surface area contributed by atoms with E-state index in [-0.39, 0.29) is 23.7 Å². The summed E-state index contributed by atoms with van der Waals surface area (Å²) in [4.78, 5) is 0. The molecule has 2 aliphatic rings. The Morgan fingerprint density at radius 2 is 1.68 bits per heavy atom. The molecule has 1 heterocycles. The van der Waals surface area contributed by atoms with E-state index in [1.165, 1.54) is 0 Å². The van der Waals surface area contributed by atoms with Gasteiger partial charge in [-0.05, 0) is 37.5 Å². The summed E-state index contributed by atoms with van der Waals surface area (Å²) in [7, 11) is -3.23. The molecule has 0 bridgehead atoms. The van der Waals surface area contributed by atoms with E-state index in [0.29, 0.717) is 32.6 Å². The van der Waals surface area contributed by atoms with E-state index in [1.807, 2.05) is 0 Å². The third-order valence-electron chi connectivity index (χ3n) is 4.45. The van der Waals surface area contributed by atoms with Crippen molar-refractivity contribution in [3.05, 3.63) is 0 Å². The van der Waals surface area contributed by atoms with Gasteiger partial charge in [0.25, 0.3) is 0 Å². The maximum Gasteiger partial charge on any atom is 0.214 e. The summed E-state index contributed by atoms with van der Waals surface area (Å²) in [5.41, 5.74) is 0. The van der Waals surface area contributed by atoms with Gasteiger partial charge >= 0.3 is 0 Å². The number of hydrogen-bond donors (Lipinski definition) is 2. The molecule has 2 N–H and O–H groups in total. The number of hydrogen-bond acceptors (Lipinski definition) is 4. The highest BCUT2D eigenvalue weighted by molar-refractivity contribution is 7.90. The van der Waals surface area contributed by atoms with Crippen molar-refractivity contribution < 1.29 is 18.3 Å². The molecule has 1 saturated heterocycles. The zero-order chi connectivity index (χ0) is 13.7. The van der Waals surface area contributed by atoms with E-state index in [0.717, 1.165) is 25.7 Å². The van der Waals surface area contributed by atoms with Gasteiger partial charge in [0.15, 0.2) is 0 Å². The lowest BCUT2D eigenvalue weighted by Gasteiger charge is -2.31. The van der Waals surface area contributed by atoms with Crippen LogP contribution >= 0.6 is 0 Å². The summed E-state index contributed by atoms with van der Waals surface area (Å²) in [6.45, 7) is 1.72. The molecule has 2 atom stereocenters. The van der Waals surface area contributed by atoms with Gasteiger partial charge in [-0.1, -0.05) is 12.8 Å². The summed E-state index contributed by atoms with van der Waals surface area (Å²) in [6.07, 6.45) is 5.49. The van der Waals surface area contributed by atoms with Crippen LogP contribution in [-0.4, -0.2) is 45.1 Å². The van der Waals surface area contributed by atoms with Crippen molar-refractivity contribution in [1.82, 2.24) is 4.72 Å². The standard InChI is InChI=1S/C13H25NO4S/c15-10-12-4-2-1-3-11(12)9-14-19(16,17)13-5-7-18-8-6-13/h11-15H,1-10H2. The zero-order valence-electron chi connectivity index (χ0n) is 11.4. The predicted molar refractivity (Wildman–Crippen MR) is 73.3 cm³/mol. The van der Waals surface area contributed by atoms with Crippen molar-refractivity contribution in [2.45, 2.75) is 43.8 Å². The largest absolute Gasteiger partial charge is 0.396 e. The predicted octanol–water partition coefficient (Wildman–Crippen LogP) is 0.883. The molecule has 0 spiro atoms. The number of aliphatic hydroxyl groups excluding tert-OH is 1. The zero-order valence-corrected chi connectivity index (χ0v) is 12.2. The Labute approximate surface area is 115 Å². The molecular weight excluding hydrogens is 266 g/mol. The summed E-state index contributed by atoms with van der Waals surface area (Å²) < 4.78 is 32.4. The second kappa shape index (κ2) is 7.02. The van der Waals surface area contributed by atoms with Crippen LogP contribution in [0.3, 0.4) is 0 Å². The van der Waals surface area contributed by atoms with Gasteiger partial charge in [0, 0.05) is 26.4 Å². The maximum atomic E-state index is 12.2. The van der Waals surface area contributed by atoms with Crippen molar-refractivity contribution in [1.29, 1.82) is 0 Å². The molecular formula is C13H25NO4S. The molecule has 0 aromatic carbocycles. The lowest BCUT2D eigenvalue weighted by molar-refractivity contribution is 0.0979. The molecule has 2 rings (SSSR count). The second-order valence-corrected chi connectivity index (χ2v) is 7.74. The number of aliphatic hydroxyl groups is 1. The first kappa shape index (κ1) is 15.2. The van der Waals surface area contributed by atoms with Gasteiger partial charge in [-0.2, -0.15) is 0 Å². The fourth-order valence-electron chi connectivity index (χ4n) is 3.12. The molecule has 5 nitrogen and oxygen atoms in total. The van der Waals surface area contributed by atoms with Crippen LogP contribution in [0.1, 0.15) is 38.5 Å². The Kier molecular flexibility index (Phi) is 5.62. The molecule has 19 heavy (non-hydrogen) atoms. The van der Waals surface area contributed by atoms with E-state index >= 15 is 0 Å². The van der Waals surface area contributed by atoms with Crippen molar-refractivity contribution in [3.63, 3.8) is 0 Å². The lowest BCUT2D eigenvalue weighted by Crippen LogP contribution is -2.42. The summed E-state index contributed by atoms with van der Waals surface area (Å²) >= 11 is 0. The Bertz CT molecular complexity index is 365. The van der Waals surface area contributed by atoms with Crippen LogP contribution < -0.4 is 4.72 Å². The highest BCUT2D eigenvalue weighted by Gasteiger charge is 2.30. The third kappa shape index (κ3) is 4.15. The average Bonchev–Trinajstić information content (AvgIpc) is 2.46. The number of nitrogens with one attached hydrogen (secondary N) is 1. The summed E-state index contributed by atoms with van der Waals surface area (Å²) in [6, 6.07) is 0. The fourth-order valence-corrected chi connectivity index (χ4v) is 4.62. The minimum absolute atomic E-state index is 0.170. The highest BCUT2D eigenvalue weighted by atomic mass is 32.2. The third-order valence-corrected chi connectivity index (χ3v) is 6.37. The molecule has 2 fully saturated rings. The Morgan fingerprint density at radius 3 is 2.32 bits per heavy atom. The van der Waals surface area contributed by atoms with Crippen LogP contribution in [0, 0.1) is 11.8 Å². The molecule has 0 aromatic heterocycles. The monoisotopic (exact) mass is 291 g/mol. The van der Waals surface area contributed by atoms with Gasteiger partial charge < -0.3 is 9.84 Å². The van der Waals surface area contributed by atoms with Gasteiger partial charge in [-0.15, -0.1) is 0 Å². The van der Waals surface area contributed by atoms with Gasteiger partial charge in [0.1, 0.15) is 0 Å². The second-order valence-electron chi connectivity index (χ2n) is 5.69. The molecule has 0 radical (unpaired) electrons. The van der Waals surface area contributed by atoms with Crippen LogP contribution in [0.25, 0.3) is 0 Å². The summed E-state index contributed by atoms with van der Waals surface area (Å²) in [5, 5.41) is 9.04. The topological polar surface area (TPSA) is 75.6 Å². The quantitative estimate of drug-likeness (QED) is 0.788. The Hall–Kier alpha value is -0.170. The van der Waals surface area contributed by atoms with E-state index < -0.39 is 10.0 Å². The van der Waals surface area contributed by atoms with Gasteiger partial charge in [-0.3, -0.25) is 0 Å². The Morgan fingerprint density at radius 1 is 1.05 bits per heavy atom. The van der Waals surface area contributed by atoms with Crippen molar-refractivity contribution in [2.24, 2.45) is 11.8 Å². The van der Waals surface area contributed by atoms with E-state index in [9.17, 15) is 13.5 Å². The first-order valence-corrected chi connectivity index (χ1v) is 8.85. The number of ether oxygens (including phenoxy) is 1. The summed E-state index contributed by atoms with van der Waals surface area (Å²) in [5.74, 6) is 0.541. The number of sulfonamides is 1. The molecule has 2 unspecified atom stereocenters. The minimum Gasteiger partial charge on any atom is -0.396 e. The fraction of sp³-hybridized carbons (Fsp3) is 1.00. The molecule has 112 valence electrons. The SMILES string of the molecule is O=S(=O)(NCC1CCCCC1CO)C1CCOCC1. The molecule has 1 aliphatic carbocycles. The van der Waals surface area contributed by atoms with Crippen LogP contribution in [0.4, 0.5) is 0 Å². The molecule has 0 amide bonds. The normalized spacial score (nSPS) is 30.4. The Balaban J connectivity index is 1.85. The molecule has 0 aromatic rings. The highest BCUT2D eigenvalue weighted by Crippen LogP contribution is 2.29. The molecule has 6 heteroatoms. The van der Waals surface area contributed by atoms with Crippen LogP contribution in [0.2, 0.25) is 0 Å². The first-order chi connectivity index (χ1) is 9.13. The molecule has 1 saturated carbocycles. The van der Waals surface area contributed by atoms with Crippen molar-refractivity contribution in [3.8, 4) is 0 Å². The van der Waals surface area contributed by atoms with E-state index in [1.54, 1.807) is 0 Å². The maximum absolute atomic E-state index is 12.2. The van der Waals surface area contributed by atoms with Gasteiger partial charge in [0.05, 0.1) is 5.25 Å². The van der Waals surface area contributed by atoms with E-state index in [2.05, 4.69) is 4.72 Å². The van der Waals surface area contributed by atoms with Crippen LogP contribution in [-0.2, 0) is 14.8 Å². The minimum atomic E-state index is -3.23. The van der Waals surface area contributed by atoms with Gasteiger partial charge in [-0.25, -0.2) is 13.1 Å². The van der Waals surface area contributed by atoms with E-state index in [4.69, 9.17) is 4.74 Å². The van der Waals surface area contributed by atoms with Crippen LogP contribution in [0.5, 0.6) is 0 Å². The lowest BCUT2D eigenvalue weighted by atomic mass is 9.80. The smallest absolute Gasteiger partial charge is 0.214 e. The van der Waals surface area contributed by atoms with Crippen molar-refractivity contribution >= 4 is 10.0 Å².